The van der Waals surface area contributed by atoms with E-state index in [4.69, 9.17) is 0 Å². The number of fused-ring (bicyclic) bond motifs is 10. The van der Waals surface area contributed by atoms with Gasteiger partial charge in [-0.2, -0.15) is 0 Å². The van der Waals surface area contributed by atoms with Gasteiger partial charge in [-0.25, -0.2) is 0 Å². The zero-order valence-corrected chi connectivity index (χ0v) is 22.4. The summed E-state index contributed by atoms with van der Waals surface area (Å²) < 4.78 is 2.47. The average molecular weight is 520 g/mol. The van der Waals surface area contributed by atoms with Gasteiger partial charge in [0, 0.05) is 16.5 Å². The molecule has 0 aliphatic rings. The summed E-state index contributed by atoms with van der Waals surface area (Å²) in [6.45, 7) is 0. The Morgan fingerprint density at radius 2 is 0.854 bits per heavy atom. The molecule has 1 aromatic heterocycles. The Bertz CT molecular complexity index is 2460. The summed E-state index contributed by atoms with van der Waals surface area (Å²) in [5, 5.41) is 12.9. The van der Waals surface area contributed by atoms with E-state index in [2.05, 4.69) is 156 Å². The van der Waals surface area contributed by atoms with Gasteiger partial charge in [-0.05, 0) is 84.5 Å². The van der Waals surface area contributed by atoms with Crippen molar-refractivity contribution in [1.82, 2.24) is 4.57 Å². The monoisotopic (exact) mass is 519 g/mol. The number of hydrogen-bond acceptors (Lipinski definition) is 0. The van der Waals surface area contributed by atoms with Gasteiger partial charge in [-0.15, -0.1) is 0 Å². The van der Waals surface area contributed by atoms with Crippen molar-refractivity contribution in [3.8, 4) is 16.8 Å². The van der Waals surface area contributed by atoms with E-state index < -0.39 is 0 Å². The summed E-state index contributed by atoms with van der Waals surface area (Å²) >= 11 is 0. The van der Waals surface area contributed by atoms with E-state index in [9.17, 15) is 0 Å². The highest BCUT2D eigenvalue weighted by Crippen LogP contribution is 2.42. The average Bonchev–Trinajstić information content (AvgIpc) is 3.37. The fourth-order valence-corrected chi connectivity index (χ4v) is 6.93. The van der Waals surface area contributed by atoms with Gasteiger partial charge in [0.15, 0.2) is 0 Å². The molecule has 0 bridgehead atoms. The molecular formula is C40H25N. The molecule has 0 radical (unpaired) electrons. The second-order valence-electron chi connectivity index (χ2n) is 10.9. The molecule has 1 heteroatoms. The number of rotatable bonds is 2. The minimum absolute atomic E-state index is 1.18. The van der Waals surface area contributed by atoms with Crippen LogP contribution in [0.3, 0.4) is 0 Å². The Labute approximate surface area is 237 Å². The highest BCUT2D eigenvalue weighted by atomic mass is 15.0. The zero-order valence-electron chi connectivity index (χ0n) is 22.4. The lowest BCUT2D eigenvalue weighted by Crippen LogP contribution is -1.96. The quantitative estimate of drug-likeness (QED) is 0.200. The first kappa shape index (κ1) is 22.4. The van der Waals surface area contributed by atoms with Crippen molar-refractivity contribution in [2.45, 2.75) is 0 Å². The number of hydrogen-bond donors (Lipinski definition) is 0. The Balaban J connectivity index is 1.46. The lowest BCUT2D eigenvalue weighted by atomic mass is 9.93. The number of benzene rings is 8. The van der Waals surface area contributed by atoms with Gasteiger partial charge in [-0.3, -0.25) is 0 Å². The molecule has 9 rings (SSSR count). The van der Waals surface area contributed by atoms with Gasteiger partial charge in [0.25, 0.3) is 0 Å². The SMILES string of the molecule is c1ccc(-c2cc(-n3c4ccccc4c4cc5c6ccccc6c6ccccc6c5cc43)cc3ccccc23)cc1. The van der Waals surface area contributed by atoms with Gasteiger partial charge < -0.3 is 4.57 Å². The van der Waals surface area contributed by atoms with Crippen LogP contribution in [-0.2, 0) is 0 Å². The van der Waals surface area contributed by atoms with Crippen molar-refractivity contribution >= 4 is 64.9 Å². The highest BCUT2D eigenvalue weighted by molar-refractivity contribution is 6.28. The molecule has 0 unspecified atom stereocenters. The van der Waals surface area contributed by atoms with E-state index in [1.807, 2.05) is 0 Å². The minimum Gasteiger partial charge on any atom is -0.309 e. The molecule has 8 aromatic carbocycles. The molecule has 190 valence electrons. The van der Waals surface area contributed by atoms with Crippen LogP contribution in [0.4, 0.5) is 0 Å². The number of aromatic nitrogens is 1. The van der Waals surface area contributed by atoms with Crippen LogP contribution < -0.4 is 0 Å². The van der Waals surface area contributed by atoms with Crippen molar-refractivity contribution < 1.29 is 0 Å². The number of para-hydroxylation sites is 1. The molecule has 0 aliphatic heterocycles. The molecule has 0 saturated carbocycles. The fourth-order valence-electron chi connectivity index (χ4n) is 6.93. The Morgan fingerprint density at radius 1 is 0.317 bits per heavy atom. The molecule has 0 amide bonds. The second kappa shape index (κ2) is 8.55. The van der Waals surface area contributed by atoms with Gasteiger partial charge in [-0.1, -0.05) is 121 Å². The standard InChI is InChI=1S/C40H25N/c1-2-12-26(13-3-1)35-23-28(22-27-14-4-5-15-29(27)35)41-39-21-11-10-20-34(39)38-24-36-32-18-8-6-16-30(32)31-17-7-9-19-33(31)37(36)25-40(38)41/h1-25H. The summed E-state index contributed by atoms with van der Waals surface area (Å²) in [4.78, 5) is 0. The molecular weight excluding hydrogens is 494 g/mol. The van der Waals surface area contributed by atoms with Crippen LogP contribution in [0.5, 0.6) is 0 Å². The summed E-state index contributed by atoms with van der Waals surface area (Å²) in [5.41, 5.74) is 6.11. The first-order valence-corrected chi connectivity index (χ1v) is 14.2. The molecule has 41 heavy (non-hydrogen) atoms. The van der Waals surface area contributed by atoms with Crippen LogP contribution in [0.25, 0.3) is 81.7 Å². The van der Waals surface area contributed by atoms with Crippen molar-refractivity contribution in [3.05, 3.63) is 152 Å². The van der Waals surface area contributed by atoms with Crippen LogP contribution in [0, 0.1) is 0 Å². The third kappa shape index (κ3) is 3.24. The highest BCUT2D eigenvalue weighted by Gasteiger charge is 2.17. The third-order valence-corrected chi connectivity index (χ3v) is 8.73. The van der Waals surface area contributed by atoms with Gasteiger partial charge in [0.1, 0.15) is 0 Å². The lowest BCUT2D eigenvalue weighted by Gasteiger charge is -2.15. The number of nitrogens with zero attached hydrogens (tertiary/aromatic N) is 1. The van der Waals surface area contributed by atoms with Crippen LogP contribution in [0.15, 0.2) is 152 Å². The predicted octanol–water partition coefficient (Wildman–Crippen LogP) is 11.1. The predicted molar refractivity (Wildman–Crippen MR) is 176 cm³/mol. The van der Waals surface area contributed by atoms with E-state index in [0.29, 0.717) is 0 Å². The summed E-state index contributed by atoms with van der Waals surface area (Å²) in [6, 6.07) is 55.6. The van der Waals surface area contributed by atoms with Gasteiger partial charge >= 0.3 is 0 Å². The van der Waals surface area contributed by atoms with Crippen molar-refractivity contribution in [2.24, 2.45) is 0 Å². The smallest absolute Gasteiger partial charge is 0.0547 e. The molecule has 0 spiro atoms. The van der Waals surface area contributed by atoms with E-state index in [-0.39, 0.29) is 0 Å². The topological polar surface area (TPSA) is 4.93 Å². The Kier molecular flexibility index (Phi) is 4.67. The van der Waals surface area contributed by atoms with Crippen molar-refractivity contribution in [3.63, 3.8) is 0 Å². The van der Waals surface area contributed by atoms with E-state index in [0.717, 1.165) is 0 Å². The summed E-state index contributed by atoms with van der Waals surface area (Å²) in [7, 11) is 0. The minimum atomic E-state index is 1.18. The largest absolute Gasteiger partial charge is 0.309 e. The molecule has 0 fully saturated rings. The molecule has 9 aromatic rings. The van der Waals surface area contributed by atoms with E-state index >= 15 is 0 Å². The molecule has 1 nitrogen and oxygen atoms in total. The van der Waals surface area contributed by atoms with E-state index in [1.165, 1.54) is 81.7 Å². The third-order valence-electron chi connectivity index (χ3n) is 8.73. The molecule has 0 atom stereocenters. The van der Waals surface area contributed by atoms with Crippen LogP contribution in [0.2, 0.25) is 0 Å². The summed E-state index contributed by atoms with van der Waals surface area (Å²) in [5.74, 6) is 0. The molecule has 1 heterocycles. The first-order valence-electron chi connectivity index (χ1n) is 14.2. The molecule has 0 N–H and O–H groups in total. The van der Waals surface area contributed by atoms with E-state index in [1.54, 1.807) is 0 Å². The van der Waals surface area contributed by atoms with Crippen molar-refractivity contribution in [2.75, 3.05) is 0 Å². The normalized spacial score (nSPS) is 11.9. The maximum atomic E-state index is 2.47. The maximum absolute atomic E-state index is 2.47. The van der Waals surface area contributed by atoms with Gasteiger partial charge in [0.05, 0.1) is 11.0 Å². The van der Waals surface area contributed by atoms with Crippen LogP contribution >= 0.6 is 0 Å². The molecule has 0 saturated heterocycles. The van der Waals surface area contributed by atoms with Crippen LogP contribution in [0.1, 0.15) is 0 Å². The maximum Gasteiger partial charge on any atom is 0.0547 e. The zero-order chi connectivity index (χ0) is 26.9. The Hall–Kier alpha value is -5.40. The van der Waals surface area contributed by atoms with Crippen LogP contribution in [-0.4, -0.2) is 4.57 Å². The van der Waals surface area contributed by atoms with Gasteiger partial charge in [0.2, 0.25) is 0 Å². The van der Waals surface area contributed by atoms with Crippen molar-refractivity contribution in [1.29, 1.82) is 0 Å². The lowest BCUT2D eigenvalue weighted by molar-refractivity contribution is 1.19. The molecule has 0 aliphatic carbocycles. The first-order chi connectivity index (χ1) is 20.3. The fraction of sp³-hybridized carbons (Fsp3) is 0. The second-order valence-corrected chi connectivity index (χ2v) is 10.9. The Morgan fingerprint density at radius 3 is 1.56 bits per heavy atom. The summed E-state index contributed by atoms with van der Waals surface area (Å²) in [6.07, 6.45) is 0.